The number of amides is 1. The molecule has 2 aromatic carbocycles. The number of aromatic nitrogens is 2. The van der Waals surface area contributed by atoms with E-state index in [9.17, 15) is 22.4 Å². The van der Waals surface area contributed by atoms with Crippen LogP contribution in [0.2, 0.25) is 0 Å². The first-order chi connectivity index (χ1) is 14.3. The van der Waals surface area contributed by atoms with Gasteiger partial charge in [-0.2, -0.15) is 13.2 Å². The van der Waals surface area contributed by atoms with Gasteiger partial charge >= 0.3 is 6.18 Å². The second-order valence-corrected chi connectivity index (χ2v) is 6.69. The summed E-state index contributed by atoms with van der Waals surface area (Å²) in [6, 6.07) is 10.8. The SMILES string of the molecule is O=C1c2ccccc2OC(c2ccc(C(F)(F)F)c(F)c2)CN1Cc1ncccn1. The zero-order valence-corrected chi connectivity index (χ0v) is 15.4. The number of para-hydroxylation sites is 1. The van der Waals surface area contributed by atoms with Gasteiger partial charge in [-0.1, -0.05) is 18.2 Å². The monoisotopic (exact) mass is 417 g/mol. The lowest BCUT2D eigenvalue weighted by molar-refractivity contribution is -0.140. The smallest absolute Gasteiger partial charge is 0.419 e. The Morgan fingerprint density at radius 3 is 2.50 bits per heavy atom. The number of nitrogens with zero attached hydrogens (tertiary/aromatic N) is 3. The lowest BCUT2D eigenvalue weighted by atomic mass is 10.1. The van der Waals surface area contributed by atoms with Crippen LogP contribution in [-0.4, -0.2) is 27.3 Å². The van der Waals surface area contributed by atoms with Crippen LogP contribution < -0.4 is 4.74 Å². The third-order valence-electron chi connectivity index (χ3n) is 4.68. The second kappa shape index (κ2) is 7.74. The molecule has 1 aliphatic rings. The Morgan fingerprint density at radius 2 is 1.80 bits per heavy atom. The van der Waals surface area contributed by atoms with Crippen molar-refractivity contribution in [1.29, 1.82) is 0 Å². The van der Waals surface area contributed by atoms with Crippen LogP contribution in [-0.2, 0) is 12.7 Å². The number of carbonyl (C=O) groups excluding carboxylic acids is 1. The highest BCUT2D eigenvalue weighted by molar-refractivity contribution is 5.97. The minimum absolute atomic E-state index is 0.0173. The summed E-state index contributed by atoms with van der Waals surface area (Å²) in [7, 11) is 0. The summed E-state index contributed by atoms with van der Waals surface area (Å²) in [5.74, 6) is -1.08. The molecule has 0 aliphatic carbocycles. The van der Waals surface area contributed by atoms with Crippen LogP contribution >= 0.6 is 0 Å². The van der Waals surface area contributed by atoms with Crippen molar-refractivity contribution in [2.45, 2.75) is 18.8 Å². The fraction of sp³-hybridized carbons (Fsp3) is 0.190. The molecular weight excluding hydrogens is 402 g/mol. The van der Waals surface area contributed by atoms with Gasteiger partial charge in [-0.05, 0) is 35.9 Å². The van der Waals surface area contributed by atoms with Crippen molar-refractivity contribution < 1.29 is 27.1 Å². The van der Waals surface area contributed by atoms with Gasteiger partial charge in [0.25, 0.3) is 5.91 Å². The van der Waals surface area contributed by atoms with E-state index in [1.807, 2.05) is 0 Å². The highest BCUT2D eigenvalue weighted by Gasteiger charge is 2.35. The summed E-state index contributed by atoms with van der Waals surface area (Å²) in [5, 5.41) is 0. The van der Waals surface area contributed by atoms with Gasteiger partial charge in [-0.15, -0.1) is 0 Å². The Kier molecular flexibility index (Phi) is 5.11. The quantitative estimate of drug-likeness (QED) is 0.593. The predicted octanol–water partition coefficient (Wildman–Crippen LogP) is 4.41. The molecule has 0 fully saturated rings. The first kappa shape index (κ1) is 19.8. The molecule has 1 amide bonds. The summed E-state index contributed by atoms with van der Waals surface area (Å²) in [6.07, 6.45) is -2.60. The van der Waals surface area contributed by atoms with Crippen molar-refractivity contribution in [3.05, 3.63) is 89.3 Å². The Morgan fingerprint density at radius 1 is 1.07 bits per heavy atom. The minimum atomic E-state index is -4.80. The lowest BCUT2D eigenvalue weighted by Gasteiger charge is -2.24. The van der Waals surface area contributed by atoms with Crippen molar-refractivity contribution >= 4 is 5.91 Å². The first-order valence-electron chi connectivity index (χ1n) is 9.00. The number of benzene rings is 2. The molecule has 2 heterocycles. The predicted molar refractivity (Wildman–Crippen MR) is 98.0 cm³/mol. The molecule has 0 saturated heterocycles. The largest absolute Gasteiger partial charge is 0.483 e. The van der Waals surface area contributed by atoms with Gasteiger partial charge < -0.3 is 9.64 Å². The van der Waals surface area contributed by atoms with E-state index in [1.165, 1.54) is 17.3 Å². The van der Waals surface area contributed by atoms with E-state index >= 15 is 0 Å². The van der Waals surface area contributed by atoms with Crippen molar-refractivity contribution in [3.8, 4) is 5.75 Å². The standard InChI is InChI=1S/C21H15F4N3O2/c22-16-10-13(6-7-15(16)21(23,24)25)18-11-28(12-19-26-8-3-9-27-19)20(29)14-4-1-2-5-17(14)30-18/h1-10,18H,11-12H2. The second-order valence-electron chi connectivity index (χ2n) is 6.69. The summed E-state index contributed by atoms with van der Waals surface area (Å²) < 4.78 is 58.8. The lowest BCUT2D eigenvalue weighted by Crippen LogP contribution is -2.34. The van der Waals surface area contributed by atoms with Crippen LogP contribution in [0.4, 0.5) is 17.6 Å². The molecule has 0 radical (unpaired) electrons. The van der Waals surface area contributed by atoms with Crippen molar-refractivity contribution in [3.63, 3.8) is 0 Å². The molecule has 30 heavy (non-hydrogen) atoms. The molecule has 0 saturated carbocycles. The zero-order valence-electron chi connectivity index (χ0n) is 15.4. The van der Waals surface area contributed by atoms with Crippen LogP contribution in [0, 0.1) is 5.82 Å². The molecule has 1 unspecified atom stereocenters. The number of fused-ring (bicyclic) bond motifs is 1. The third-order valence-corrected chi connectivity index (χ3v) is 4.68. The Balaban J connectivity index is 1.71. The van der Waals surface area contributed by atoms with Crippen molar-refractivity contribution in [2.75, 3.05) is 6.54 Å². The van der Waals surface area contributed by atoms with Crippen LogP contribution in [0.5, 0.6) is 5.75 Å². The van der Waals surface area contributed by atoms with Gasteiger partial charge in [0.1, 0.15) is 23.5 Å². The molecule has 5 nitrogen and oxygen atoms in total. The molecule has 1 aromatic heterocycles. The summed E-state index contributed by atoms with van der Waals surface area (Å²) in [5.41, 5.74) is -0.877. The van der Waals surface area contributed by atoms with E-state index in [4.69, 9.17) is 4.74 Å². The van der Waals surface area contributed by atoms with Gasteiger partial charge in [0, 0.05) is 12.4 Å². The maximum atomic E-state index is 14.1. The van der Waals surface area contributed by atoms with E-state index < -0.39 is 23.7 Å². The summed E-state index contributed by atoms with van der Waals surface area (Å²) in [6.45, 7) is 0.0492. The fourth-order valence-corrected chi connectivity index (χ4v) is 3.24. The molecule has 1 atom stereocenters. The number of halogens is 4. The zero-order chi connectivity index (χ0) is 21.3. The highest BCUT2D eigenvalue weighted by atomic mass is 19.4. The highest BCUT2D eigenvalue weighted by Crippen LogP contribution is 2.35. The molecule has 154 valence electrons. The first-order valence-corrected chi connectivity index (χ1v) is 9.00. The Labute approximate surface area is 169 Å². The molecule has 4 rings (SSSR count). The number of hydrogen-bond donors (Lipinski definition) is 0. The Bertz CT molecular complexity index is 1070. The van der Waals surface area contributed by atoms with E-state index in [2.05, 4.69) is 9.97 Å². The molecule has 9 heteroatoms. The molecule has 0 bridgehead atoms. The fourth-order valence-electron chi connectivity index (χ4n) is 3.24. The van der Waals surface area contributed by atoms with Gasteiger partial charge in [-0.3, -0.25) is 4.79 Å². The average molecular weight is 417 g/mol. The topological polar surface area (TPSA) is 55.3 Å². The minimum Gasteiger partial charge on any atom is -0.483 e. The van der Waals surface area contributed by atoms with Crippen LogP contribution in [0.25, 0.3) is 0 Å². The number of ether oxygens (including phenoxy) is 1. The van der Waals surface area contributed by atoms with Crippen LogP contribution in [0.15, 0.2) is 60.9 Å². The van der Waals surface area contributed by atoms with Crippen LogP contribution in [0.3, 0.4) is 0 Å². The maximum absolute atomic E-state index is 14.1. The van der Waals surface area contributed by atoms with Crippen molar-refractivity contribution in [2.24, 2.45) is 0 Å². The van der Waals surface area contributed by atoms with Gasteiger partial charge in [0.05, 0.1) is 24.2 Å². The van der Waals surface area contributed by atoms with E-state index in [1.54, 1.807) is 30.3 Å². The average Bonchev–Trinajstić information content (AvgIpc) is 2.85. The summed E-state index contributed by atoms with van der Waals surface area (Å²) in [4.78, 5) is 22.7. The number of rotatable bonds is 3. The van der Waals surface area contributed by atoms with Crippen LogP contribution in [0.1, 0.15) is 33.4 Å². The molecule has 0 spiro atoms. The molecule has 0 N–H and O–H groups in total. The Hall–Kier alpha value is -3.49. The van der Waals surface area contributed by atoms with Gasteiger partial charge in [0.2, 0.25) is 0 Å². The maximum Gasteiger partial charge on any atom is 0.419 e. The van der Waals surface area contributed by atoms with E-state index in [0.717, 1.165) is 12.1 Å². The third kappa shape index (κ3) is 3.96. The van der Waals surface area contributed by atoms with Crippen molar-refractivity contribution in [1.82, 2.24) is 14.9 Å². The van der Waals surface area contributed by atoms with Gasteiger partial charge in [-0.25, -0.2) is 14.4 Å². The molecule has 1 aliphatic heterocycles. The molecule has 3 aromatic rings. The van der Waals surface area contributed by atoms with E-state index in [0.29, 0.717) is 17.5 Å². The molecular formula is C21H15F4N3O2. The number of carbonyl (C=O) groups is 1. The van der Waals surface area contributed by atoms with Gasteiger partial charge in [0.15, 0.2) is 0 Å². The normalized spacial score (nSPS) is 16.6. The van der Waals surface area contributed by atoms with E-state index in [-0.39, 0.29) is 30.3 Å². The number of hydrogen-bond acceptors (Lipinski definition) is 4. The summed E-state index contributed by atoms with van der Waals surface area (Å²) >= 11 is 0. The number of alkyl halides is 3.